The summed E-state index contributed by atoms with van der Waals surface area (Å²) in [6.07, 6.45) is 0.0599. The summed E-state index contributed by atoms with van der Waals surface area (Å²) in [4.78, 5) is 55.3. The molecule has 1 aromatic heterocycles. The van der Waals surface area contributed by atoms with Crippen molar-refractivity contribution in [1.29, 1.82) is 0 Å². The maximum absolute atomic E-state index is 14.4. The number of rotatable bonds is 12. The van der Waals surface area contributed by atoms with E-state index in [1.165, 1.54) is 4.90 Å². The Balaban J connectivity index is 1.10. The van der Waals surface area contributed by atoms with Gasteiger partial charge in [0.05, 0.1) is 6.04 Å². The number of piperidine rings is 1. The second kappa shape index (κ2) is 16.7. The van der Waals surface area contributed by atoms with E-state index >= 15 is 0 Å². The van der Waals surface area contributed by atoms with Crippen LogP contribution in [0, 0.1) is 0 Å². The van der Waals surface area contributed by atoms with Crippen molar-refractivity contribution in [3.63, 3.8) is 0 Å². The summed E-state index contributed by atoms with van der Waals surface area (Å²) in [6.45, 7) is 0. The van der Waals surface area contributed by atoms with Crippen molar-refractivity contribution >= 4 is 68.6 Å². The van der Waals surface area contributed by atoms with Gasteiger partial charge in [0.1, 0.15) is 16.1 Å². The molecular formula is C45H36ClN5O5S2. The van der Waals surface area contributed by atoms with Gasteiger partial charge in [-0.1, -0.05) is 192 Å². The molecule has 2 aliphatic rings. The summed E-state index contributed by atoms with van der Waals surface area (Å²) < 4.78 is 6.27. The summed E-state index contributed by atoms with van der Waals surface area (Å²) in [5, 5.41) is 7.51. The highest BCUT2D eigenvalue weighted by Gasteiger charge is 2.57. The Kier molecular flexibility index (Phi) is 11.1. The van der Waals surface area contributed by atoms with E-state index in [0.29, 0.717) is 17.7 Å². The Morgan fingerprint density at radius 1 is 0.828 bits per heavy atom. The van der Waals surface area contributed by atoms with Crippen molar-refractivity contribution < 1.29 is 24.0 Å². The van der Waals surface area contributed by atoms with Gasteiger partial charge in [0.2, 0.25) is 11.5 Å². The van der Waals surface area contributed by atoms with Crippen LogP contribution < -0.4 is 11.1 Å². The molecule has 2 aliphatic heterocycles. The molecule has 58 heavy (non-hydrogen) atoms. The zero-order valence-electron chi connectivity index (χ0n) is 30.8. The van der Waals surface area contributed by atoms with Gasteiger partial charge in [0, 0.05) is 21.6 Å². The average Bonchev–Trinajstić information content (AvgIpc) is 3.61. The zero-order valence-corrected chi connectivity index (χ0v) is 33.2. The predicted octanol–water partition coefficient (Wildman–Crippen LogP) is 7.65. The fraction of sp³-hybridized carbons (Fsp3) is 0.156. The topological polar surface area (TPSA) is 136 Å². The molecular weight excluding hydrogens is 790 g/mol. The number of β-lactam (4-membered cyclic amide) rings is 1. The molecule has 3 atom stereocenters. The number of esters is 1. The SMILES string of the molecule is Nc1nc(C(=NOC(c2ccccc2)(c2ccccc2)c2ccccc2)C(=O)N[C@@H]2C(=O)N3C(C(=O)OC(c4ccccc4)c4ccccc4)C(=S)CCC23)c(Cl)s1. The van der Waals surface area contributed by atoms with E-state index in [4.69, 9.17) is 39.1 Å². The van der Waals surface area contributed by atoms with Crippen molar-refractivity contribution in [2.45, 2.75) is 42.7 Å². The van der Waals surface area contributed by atoms with Gasteiger partial charge in [0.15, 0.2) is 23.0 Å². The number of carbonyl (C=O) groups excluding carboxylic acids is 3. The summed E-state index contributed by atoms with van der Waals surface area (Å²) in [7, 11) is 0. The maximum atomic E-state index is 14.4. The number of hydrogen-bond donors (Lipinski definition) is 2. The van der Waals surface area contributed by atoms with Crippen molar-refractivity contribution in [3.8, 4) is 0 Å². The molecule has 2 fully saturated rings. The number of hydrogen-bond acceptors (Lipinski definition) is 10. The van der Waals surface area contributed by atoms with Crippen LogP contribution >= 0.6 is 35.2 Å². The van der Waals surface area contributed by atoms with Crippen LogP contribution in [0.25, 0.3) is 0 Å². The fourth-order valence-electron chi connectivity index (χ4n) is 7.60. The Labute approximate surface area is 349 Å². The van der Waals surface area contributed by atoms with E-state index in [9.17, 15) is 14.4 Å². The minimum Gasteiger partial charge on any atom is -0.451 e. The maximum Gasteiger partial charge on any atom is 0.335 e. The third kappa shape index (κ3) is 7.37. The molecule has 6 aromatic rings. The summed E-state index contributed by atoms with van der Waals surface area (Å²) in [5.74, 6) is -1.91. The molecule has 3 N–H and O–H groups in total. The molecule has 0 spiro atoms. The number of nitrogens with one attached hydrogen (secondary N) is 1. The first-order valence-electron chi connectivity index (χ1n) is 18.6. The van der Waals surface area contributed by atoms with Crippen molar-refractivity contribution in [2.75, 3.05) is 5.73 Å². The molecule has 8 rings (SSSR count). The normalized spacial score (nSPS) is 17.9. The van der Waals surface area contributed by atoms with Crippen LogP contribution in [0.15, 0.2) is 157 Å². The number of thiazole rings is 1. The third-order valence-electron chi connectivity index (χ3n) is 10.3. The number of amides is 2. The highest BCUT2D eigenvalue weighted by molar-refractivity contribution is 7.80. The molecule has 2 saturated heterocycles. The van der Waals surface area contributed by atoms with Crippen LogP contribution in [-0.2, 0) is 29.6 Å². The van der Waals surface area contributed by atoms with Crippen LogP contribution in [0.3, 0.4) is 0 Å². The Bertz CT molecular complexity index is 2340. The van der Waals surface area contributed by atoms with E-state index in [1.54, 1.807) is 0 Å². The molecule has 13 heteroatoms. The Hall–Kier alpha value is -6.21. The van der Waals surface area contributed by atoms with Crippen LogP contribution in [0.4, 0.5) is 5.13 Å². The lowest BCUT2D eigenvalue weighted by atomic mass is 9.80. The van der Waals surface area contributed by atoms with Gasteiger partial charge >= 0.3 is 5.97 Å². The first kappa shape index (κ1) is 38.7. The van der Waals surface area contributed by atoms with E-state index in [1.807, 2.05) is 152 Å². The number of carbonyl (C=O) groups is 3. The van der Waals surface area contributed by atoms with E-state index in [2.05, 4.69) is 15.5 Å². The minimum absolute atomic E-state index is 0.00692. The highest BCUT2D eigenvalue weighted by atomic mass is 35.5. The number of anilines is 1. The second-order valence-corrected chi connectivity index (χ2v) is 16.0. The predicted molar refractivity (Wildman–Crippen MR) is 227 cm³/mol. The number of halogens is 1. The van der Waals surface area contributed by atoms with Crippen molar-refractivity contribution in [2.24, 2.45) is 5.16 Å². The quantitative estimate of drug-likeness (QED) is 0.0321. The Morgan fingerprint density at radius 3 is 1.78 bits per heavy atom. The second-order valence-electron chi connectivity index (χ2n) is 13.8. The number of nitrogens with zero attached hydrogens (tertiary/aromatic N) is 3. The van der Waals surface area contributed by atoms with Gasteiger partial charge in [-0.25, -0.2) is 9.78 Å². The molecule has 10 nitrogen and oxygen atoms in total. The first-order chi connectivity index (χ1) is 28.3. The summed E-state index contributed by atoms with van der Waals surface area (Å²) in [5.41, 5.74) is 8.19. The minimum atomic E-state index is -1.34. The summed E-state index contributed by atoms with van der Waals surface area (Å²) in [6, 6.07) is 44.6. The van der Waals surface area contributed by atoms with Gasteiger partial charge in [-0.15, -0.1) is 0 Å². The number of ether oxygens (including phenoxy) is 1. The van der Waals surface area contributed by atoms with Gasteiger partial charge in [-0.2, -0.15) is 0 Å². The van der Waals surface area contributed by atoms with Gasteiger partial charge in [-0.05, 0) is 24.0 Å². The van der Waals surface area contributed by atoms with Gasteiger partial charge in [-0.3, -0.25) is 9.59 Å². The van der Waals surface area contributed by atoms with Gasteiger partial charge in [0.25, 0.3) is 5.91 Å². The van der Waals surface area contributed by atoms with Crippen molar-refractivity contribution in [1.82, 2.24) is 15.2 Å². The number of fused-ring (bicyclic) bond motifs is 1. The first-order valence-corrected chi connectivity index (χ1v) is 20.2. The van der Waals surface area contributed by atoms with Crippen LogP contribution in [0.1, 0.15) is 52.5 Å². The number of nitrogen functional groups attached to an aromatic ring is 1. The number of nitrogens with two attached hydrogens (primary N) is 1. The third-order valence-corrected chi connectivity index (χ3v) is 11.8. The number of benzene rings is 5. The van der Waals surface area contributed by atoms with Crippen LogP contribution in [0.5, 0.6) is 0 Å². The molecule has 2 amide bonds. The molecule has 0 radical (unpaired) electrons. The molecule has 0 bridgehead atoms. The fourth-order valence-corrected chi connectivity index (χ4v) is 8.85. The van der Waals surface area contributed by atoms with E-state index in [-0.39, 0.29) is 20.9 Å². The number of aromatic nitrogens is 1. The molecule has 290 valence electrons. The lowest BCUT2D eigenvalue weighted by Crippen LogP contribution is -2.77. The van der Waals surface area contributed by atoms with Crippen LogP contribution in [0.2, 0.25) is 4.34 Å². The molecule has 2 unspecified atom stereocenters. The number of thiocarbonyl (C=S) groups is 1. The van der Waals surface area contributed by atoms with Gasteiger partial charge < -0.3 is 25.5 Å². The van der Waals surface area contributed by atoms with Crippen molar-refractivity contribution in [3.05, 3.63) is 190 Å². The van der Waals surface area contributed by atoms with E-state index in [0.717, 1.165) is 39.2 Å². The molecule has 0 saturated carbocycles. The summed E-state index contributed by atoms with van der Waals surface area (Å²) >= 11 is 13.3. The Morgan fingerprint density at radius 2 is 1.31 bits per heavy atom. The monoisotopic (exact) mass is 825 g/mol. The molecule has 5 aromatic carbocycles. The van der Waals surface area contributed by atoms with Crippen LogP contribution in [-0.4, -0.2) is 56.4 Å². The zero-order chi connectivity index (χ0) is 40.2. The standard InChI is InChI=1S/C45H36ClN5O5S2/c46-40-36(49-44(47)58-40)37(50-56-45(30-20-10-3-11-21-30,31-22-12-4-13-23-31)32-24-14-5-15-25-32)41(52)48-35-33-26-27-34(57)38(51(33)42(35)53)43(54)55-39(28-16-6-1-7-17-28)29-18-8-2-9-19-29/h1-25,33,35,38-39H,26-27H2,(H2,47,49)(H,48,52)/t33?,35-,38?/m0/s1. The molecule has 0 aliphatic carbocycles. The average molecular weight is 826 g/mol. The highest BCUT2D eigenvalue weighted by Crippen LogP contribution is 2.41. The molecule has 3 heterocycles. The number of oxime groups is 1. The lowest BCUT2D eigenvalue weighted by molar-refractivity contribution is -0.168. The lowest BCUT2D eigenvalue weighted by Gasteiger charge is -2.53. The largest absolute Gasteiger partial charge is 0.451 e. The smallest absolute Gasteiger partial charge is 0.335 e. The van der Waals surface area contributed by atoms with E-state index < -0.39 is 47.6 Å².